The Bertz CT molecular complexity index is 414. The van der Waals surface area contributed by atoms with Gasteiger partial charge in [-0.3, -0.25) is 14.4 Å². The molecule has 0 aliphatic carbocycles. The monoisotopic (exact) mass is 253 g/mol. The van der Waals surface area contributed by atoms with Gasteiger partial charge in [0.15, 0.2) is 5.76 Å². The number of carbonyl (C=O) groups excluding carboxylic acids is 3. The van der Waals surface area contributed by atoms with E-state index in [1.165, 1.54) is 19.3 Å². The fraction of sp³-hybridized carbons (Fsp3) is 0.364. The van der Waals surface area contributed by atoms with Gasteiger partial charge in [0.2, 0.25) is 11.8 Å². The lowest BCUT2D eigenvalue weighted by Gasteiger charge is -2.06. The molecule has 0 unspecified atom stereocenters. The summed E-state index contributed by atoms with van der Waals surface area (Å²) in [7, 11) is 0. The molecule has 0 atom stereocenters. The average Bonchev–Trinajstić information content (AvgIpc) is 2.85. The summed E-state index contributed by atoms with van der Waals surface area (Å²) < 4.78 is 4.86. The molecule has 1 aromatic rings. The van der Waals surface area contributed by atoms with Crippen LogP contribution >= 0.6 is 0 Å². The first-order chi connectivity index (χ1) is 8.59. The highest BCUT2D eigenvalue weighted by Gasteiger charge is 2.09. The van der Waals surface area contributed by atoms with Gasteiger partial charge in [0.05, 0.1) is 12.8 Å². The van der Waals surface area contributed by atoms with Crippen molar-refractivity contribution in [3.05, 3.63) is 24.2 Å². The van der Waals surface area contributed by atoms with Crippen LogP contribution in [0.25, 0.3) is 0 Å². The van der Waals surface area contributed by atoms with Gasteiger partial charge in [-0.25, -0.2) is 0 Å². The first-order valence-electron chi connectivity index (χ1n) is 5.42. The van der Waals surface area contributed by atoms with Gasteiger partial charge in [-0.2, -0.15) is 0 Å². The van der Waals surface area contributed by atoms with Gasteiger partial charge >= 0.3 is 0 Å². The van der Waals surface area contributed by atoms with Gasteiger partial charge in [-0.05, 0) is 12.1 Å². The molecule has 0 saturated carbocycles. The second-order valence-electron chi connectivity index (χ2n) is 3.49. The molecule has 3 amide bonds. The zero-order chi connectivity index (χ0) is 13.4. The van der Waals surface area contributed by atoms with E-state index in [-0.39, 0.29) is 24.1 Å². The predicted octanol–water partition coefficient (Wildman–Crippen LogP) is -0.738. The molecule has 3 N–H and O–H groups in total. The Morgan fingerprint density at radius 3 is 2.50 bits per heavy atom. The summed E-state index contributed by atoms with van der Waals surface area (Å²) in [6.45, 7) is 1.92. The van der Waals surface area contributed by atoms with Crippen LogP contribution in [-0.4, -0.2) is 37.4 Å². The van der Waals surface area contributed by atoms with E-state index in [9.17, 15) is 14.4 Å². The van der Waals surface area contributed by atoms with Crippen molar-refractivity contribution in [2.24, 2.45) is 0 Å². The Morgan fingerprint density at radius 1 is 1.17 bits per heavy atom. The summed E-state index contributed by atoms with van der Waals surface area (Å²) in [6, 6.07) is 3.09. The molecule has 0 aliphatic heterocycles. The Labute approximate surface area is 104 Å². The topological polar surface area (TPSA) is 100 Å². The molecule has 0 saturated heterocycles. The van der Waals surface area contributed by atoms with Crippen molar-refractivity contribution >= 4 is 17.7 Å². The highest BCUT2D eigenvalue weighted by atomic mass is 16.3. The van der Waals surface area contributed by atoms with Gasteiger partial charge in [0, 0.05) is 20.0 Å². The van der Waals surface area contributed by atoms with Crippen molar-refractivity contribution in [1.82, 2.24) is 16.0 Å². The maximum absolute atomic E-state index is 11.4. The Hall–Kier alpha value is -2.31. The Morgan fingerprint density at radius 2 is 1.89 bits per heavy atom. The van der Waals surface area contributed by atoms with Crippen LogP contribution in [0.2, 0.25) is 0 Å². The van der Waals surface area contributed by atoms with Gasteiger partial charge in [0.1, 0.15) is 0 Å². The third-order valence-electron chi connectivity index (χ3n) is 1.98. The van der Waals surface area contributed by atoms with Crippen LogP contribution in [0, 0.1) is 0 Å². The minimum Gasteiger partial charge on any atom is -0.459 e. The molecule has 7 nitrogen and oxygen atoms in total. The number of nitrogens with one attached hydrogen (secondary N) is 3. The van der Waals surface area contributed by atoms with Crippen LogP contribution in [0.1, 0.15) is 17.5 Å². The number of hydrogen-bond acceptors (Lipinski definition) is 4. The predicted molar refractivity (Wildman–Crippen MR) is 62.7 cm³/mol. The summed E-state index contributed by atoms with van der Waals surface area (Å²) in [6.07, 6.45) is 1.38. The number of carbonyl (C=O) groups is 3. The molecular formula is C11H15N3O4. The van der Waals surface area contributed by atoms with Crippen LogP contribution in [0.5, 0.6) is 0 Å². The molecule has 7 heteroatoms. The van der Waals surface area contributed by atoms with Gasteiger partial charge < -0.3 is 20.4 Å². The van der Waals surface area contributed by atoms with E-state index in [1.807, 2.05) is 0 Å². The van der Waals surface area contributed by atoms with E-state index in [4.69, 9.17) is 4.42 Å². The minimum atomic E-state index is -0.447. The summed E-state index contributed by atoms with van der Waals surface area (Å²) in [5.41, 5.74) is 0. The average molecular weight is 253 g/mol. The zero-order valence-corrected chi connectivity index (χ0v) is 9.99. The highest BCUT2D eigenvalue weighted by Crippen LogP contribution is 1.98. The van der Waals surface area contributed by atoms with Crippen LogP contribution in [0.4, 0.5) is 0 Å². The first kappa shape index (κ1) is 13.8. The minimum absolute atomic E-state index is 0.139. The molecule has 0 spiro atoms. The molecule has 98 valence electrons. The summed E-state index contributed by atoms with van der Waals surface area (Å²) >= 11 is 0. The SMILES string of the molecule is CC(=O)NCCNC(=O)CNC(=O)c1ccco1. The molecule has 0 radical (unpaired) electrons. The molecule has 0 fully saturated rings. The fourth-order valence-corrected chi connectivity index (χ4v) is 1.16. The normalized spacial score (nSPS) is 9.61. The molecule has 1 heterocycles. The molecule has 0 bridgehead atoms. The van der Waals surface area contributed by atoms with Crippen LogP contribution in [-0.2, 0) is 9.59 Å². The van der Waals surface area contributed by atoms with Gasteiger partial charge in [-0.1, -0.05) is 0 Å². The largest absolute Gasteiger partial charge is 0.459 e. The van der Waals surface area contributed by atoms with E-state index in [0.29, 0.717) is 13.1 Å². The molecular weight excluding hydrogens is 238 g/mol. The molecule has 18 heavy (non-hydrogen) atoms. The van der Waals surface area contributed by atoms with E-state index in [0.717, 1.165) is 0 Å². The van der Waals surface area contributed by atoms with Crippen molar-refractivity contribution < 1.29 is 18.8 Å². The van der Waals surface area contributed by atoms with Crippen LogP contribution in [0.15, 0.2) is 22.8 Å². The Kier molecular flexibility index (Phi) is 5.43. The maximum Gasteiger partial charge on any atom is 0.287 e. The van der Waals surface area contributed by atoms with Crippen molar-refractivity contribution in [1.29, 1.82) is 0 Å². The lowest BCUT2D eigenvalue weighted by Crippen LogP contribution is -2.40. The maximum atomic E-state index is 11.4. The van der Waals surface area contributed by atoms with E-state index in [1.54, 1.807) is 6.07 Å². The van der Waals surface area contributed by atoms with E-state index < -0.39 is 5.91 Å². The standard InChI is InChI=1S/C11H15N3O4/c1-8(15)12-4-5-13-10(16)7-14-11(17)9-3-2-6-18-9/h2-3,6H,4-5,7H2,1H3,(H,12,15)(H,13,16)(H,14,17). The van der Waals surface area contributed by atoms with Crippen molar-refractivity contribution in [2.75, 3.05) is 19.6 Å². The highest BCUT2D eigenvalue weighted by molar-refractivity contribution is 5.94. The van der Waals surface area contributed by atoms with Gasteiger partial charge in [0.25, 0.3) is 5.91 Å². The Balaban J connectivity index is 2.13. The number of amides is 3. The van der Waals surface area contributed by atoms with Crippen LogP contribution < -0.4 is 16.0 Å². The van der Waals surface area contributed by atoms with Crippen molar-refractivity contribution in [2.45, 2.75) is 6.92 Å². The van der Waals surface area contributed by atoms with Crippen molar-refractivity contribution in [3.8, 4) is 0 Å². The molecule has 1 rings (SSSR count). The third-order valence-corrected chi connectivity index (χ3v) is 1.98. The molecule has 0 aromatic carbocycles. The second-order valence-corrected chi connectivity index (χ2v) is 3.49. The lowest BCUT2D eigenvalue weighted by molar-refractivity contribution is -0.121. The summed E-state index contributed by atoms with van der Waals surface area (Å²) in [5, 5.41) is 7.47. The third kappa shape index (κ3) is 5.15. The first-order valence-corrected chi connectivity index (χ1v) is 5.42. The number of furan rings is 1. The van der Waals surface area contributed by atoms with E-state index >= 15 is 0 Å². The quantitative estimate of drug-likeness (QED) is 0.581. The zero-order valence-electron chi connectivity index (χ0n) is 9.99. The number of hydrogen-bond donors (Lipinski definition) is 3. The number of rotatable bonds is 6. The summed E-state index contributed by atoms with van der Waals surface area (Å²) in [5.74, 6) is -0.784. The van der Waals surface area contributed by atoms with Gasteiger partial charge in [-0.15, -0.1) is 0 Å². The second kappa shape index (κ2) is 7.10. The lowest BCUT2D eigenvalue weighted by atomic mass is 10.4. The molecule has 1 aromatic heterocycles. The molecule has 0 aliphatic rings. The van der Waals surface area contributed by atoms with Crippen LogP contribution in [0.3, 0.4) is 0 Å². The van der Waals surface area contributed by atoms with Crippen molar-refractivity contribution in [3.63, 3.8) is 0 Å². The smallest absolute Gasteiger partial charge is 0.287 e. The summed E-state index contributed by atoms with van der Waals surface area (Å²) in [4.78, 5) is 33.2. The fourth-order valence-electron chi connectivity index (χ4n) is 1.16. The van der Waals surface area contributed by atoms with E-state index in [2.05, 4.69) is 16.0 Å².